The van der Waals surface area contributed by atoms with E-state index in [1.807, 2.05) is 38.4 Å². The van der Waals surface area contributed by atoms with Gasteiger partial charge in [-0.05, 0) is 18.9 Å². The summed E-state index contributed by atoms with van der Waals surface area (Å²) < 4.78 is 27.5. The molecule has 0 radical (unpaired) electrons. The molecule has 0 spiro atoms. The van der Waals surface area contributed by atoms with E-state index in [2.05, 4.69) is 27.1 Å². The Kier molecular flexibility index (Phi) is 4.80. The Hall–Kier alpha value is -2.52. The van der Waals surface area contributed by atoms with Gasteiger partial charge in [0.25, 0.3) is 0 Å². The fourth-order valence-electron chi connectivity index (χ4n) is 3.78. The van der Waals surface area contributed by atoms with Crippen LogP contribution in [0.15, 0.2) is 36.5 Å². The van der Waals surface area contributed by atoms with Crippen LogP contribution in [0, 0.1) is 6.92 Å². The molecule has 8 nitrogen and oxygen atoms in total. The Balaban J connectivity index is 1.70. The summed E-state index contributed by atoms with van der Waals surface area (Å²) in [5.41, 5.74) is 2.84. The van der Waals surface area contributed by atoms with Crippen molar-refractivity contribution >= 4 is 27.0 Å². The number of piperazine rings is 1. The molecule has 0 saturated carbocycles. The summed E-state index contributed by atoms with van der Waals surface area (Å²) in [7, 11) is -1.37. The fraction of sp³-hybridized carbons (Fsp3) is 0.421. The average Bonchev–Trinajstić information content (AvgIpc) is 2.95. The highest BCUT2D eigenvalue weighted by atomic mass is 32.2. The highest BCUT2D eigenvalue weighted by Gasteiger charge is 2.33. The molecule has 4 rings (SSSR count). The zero-order valence-electron chi connectivity index (χ0n) is 16.3. The van der Waals surface area contributed by atoms with Crippen LogP contribution >= 0.6 is 0 Å². The topological polar surface area (TPSA) is 84.2 Å². The molecule has 1 aliphatic rings. The predicted molar refractivity (Wildman–Crippen MR) is 109 cm³/mol. The molecule has 0 amide bonds. The highest BCUT2D eigenvalue weighted by molar-refractivity contribution is 7.88. The molecule has 0 N–H and O–H groups in total. The van der Waals surface area contributed by atoms with Crippen LogP contribution in [-0.2, 0) is 23.5 Å². The van der Waals surface area contributed by atoms with Gasteiger partial charge in [-0.2, -0.15) is 14.4 Å². The van der Waals surface area contributed by atoms with Gasteiger partial charge in [-0.25, -0.2) is 13.4 Å². The molecule has 2 aromatic heterocycles. The van der Waals surface area contributed by atoms with Crippen LogP contribution in [0.4, 0.5) is 5.95 Å². The third kappa shape index (κ3) is 3.59. The van der Waals surface area contributed by atoms with Crippen molar-refractivity contribution in [3.8, 4) is 0 Å². The van der Waals surface area contributed by atoms with Gasteiger partial charge in [0.05, 0.1) is 17.3 Å². The van der Waals surface area contributed by atoms with Gasteiger partial charge >= 0.3 is 0 Å². The normalized spacial score (nSPS) is 18.7. The van der Waals surface area contributed by atoms with E-state index in [0.717, 1.165) is 28.7 Å². The first-order valence-corrected chi connectivity index (χ1v) is 11.1. The van der Waals surface area contributed by atoms with E-state index in [1.165, 1.54) is 6.26 Å². The Morgan fingerprint density at radius 3 is 2.64 bits per heavy atom. The third-order valence-corrected chi connectivity index (χ3v) is 6.51. The Morgan fingerprint density at radius 1 is 1.18 bits per heavy atom. The molecular weight excluding hydrogens is 376 g/mol. The minimum absolute atomic E-state index is 0.0438. The van der Waals surface area contributed by atoms with E-state index in [4.69, 9.17) is 4.98 Å². The summed E-state index contributed by atoms with van der Waals surface area (Å²) in [4.78, 5) is 11.4. The summed E-state index contributed by atoms with van der Waals surface area (Å²) in [6, 6.07) is 10.1. The van der Waals surface area contributed by atoms with Crippen molar-refractivity contribution in [2.45, 2.75) is 19.4 Å². The molecule has 0 aliphatic carbocycles. The maximum absolute atomic E-state index is 12.1. The molecule has 9 heteroatoms. The van der Waals surface area contributed by atoms with E-state index in [-0.39, 0.29) is 6.04 Å². The number of rotatable bonds is 4. The summed E-state index contributed by atoms with van der Waals surface area (Å²) in [6.45, 7) is 3.33. The number of aryl methyl sites for hydroxylation is 2. The molecule has 28 heavy (non-hydrogen) atoms. The van der Waals surface area contributed by atoms with E-state index >= 15 is 0 Å². The number of hydrogen-bond acceptors (Lipinski definition) is 6. The number of anilines is 1. The van der Waals surface area contributed by atoms with Gasteiger partial charge in [-0.15, -0.1) is 0 Å². The van der Waals surface area contributed by atoms with Crippen LogP contribution in [0.3, 0.4) is 0 Å². The summed E-state index contributed by atoms with van der Waals surface area (Å²) >= 11 is 0. The molecule has 1 saturated heterocycles. The maximum atomic E-state index is 12.1. The number of benzene rings is 1. The lowest BCUT2D eigenvalue weighted by Crippen LogP contribution is -2.56. The quantitative estimate of drug-likeness (QED) is 0.658. The van der Waals surface area contributed by atoms with E-state index < -0.39 is 10.0 Å². The molecule has 1 aromatic carbocycles. The van der Waals surface area contributed by atoms with Crippen molar-refractivity contribution in [1.82, 2.24) is 24.1 Å². The first kappa shape index (κ1) is 18.8. The van der Waals surface area contributed by atoms with Crippen molar-refractivity contribution in [2.75, 3.05) is 30.8 Å². The van der Waals surface area contributed by atoms with Gasteiger partial charge in [-0.1, -0.05) is 30.3 Å². The fourth-order valence-corrected chi connectivity index (χ4v) is 4.64. The van der Waals surface area contributed by atoms with Gasteiger partial charge in [-0.3, -0.25) is 4.68 Å². The Labute approximate surface area is 164 Å². The standard InChI is InChI=1S/C19H24N6O2S/c1-14-17-12-20-19(21-18(17)23(2)22-14)25-10-9-24(28(3,26)27)13-16(25)11-15-7-5-4-6-8-15/h4-8,12,16H,9-11,13H2,1-3H3/t16-/m1/s1. The molecule has 1 fully saturated rings. The Morgan fingerprint density at radius 2 is 1.93 bits per heavy atom. The van der Waals surface area contributed by atoms with Crippen LogP contribution < -0.4 is 4.90 Å². The van der Waals surface area contributed by atoms with Gasteiger partial charge in [0.1, 0.15) is 0 Å². The molecule has 0 bridgehead atoms. The molecule has 0 unspecified atom stereocenters. The van der Waals surface area contributed by atoms with Gasteiger partial charge in [0.15, 0.2) is 5.65 Å². The minimum atomic E-state index is -3.24. The summed E-state index contributed by atoms with van der Waals surface area (Å²) in [5.74, 6) is 0.615. The SMILES string of the molecule is Cc1nn(C)c2nc(N3CCN(S(C)(=O)=O)C[C@H]3Cc3ccccc3)ncc12. The molecule has 1 aliphatic heterocycles. The number of hydrogen-bond donors (Lipinski definition) is 0. The summed E-state index contributed by atoms with van der Waals surface area (Å²) in [5, 5.41) is 5.35. The monoisotopic (exact) mass is 400 g/mol. The van der Waals surface area contributed by atoms with E-state index in [1.54, 1.807) is 8.99 Å². The molecule has 1 atom stereocenters. The zero-order chi connectivity index (χ0) is 19.9. The molecule has 148 valence electrons. The Bertz CT molecular complexity index is 1100. The van der Waals surface area contributed by atoms with Crippen LogP contribution in [0.1, 0.15) is 11.3 Å². The smallest absolute Gasteiger partial charge is 0.227 e. The average molecular weight is 401 g/mol. The zero-order valence-corrected chi connectivity index (χ0v) is 17.1. The van der Waals surface area contributed by atoms with Crippen molar-refractivity contribution < 1.29 is 8.42 Å². The van der Waals surface area contributed by atoms with Crippen molar-refractivity contribution in [3.63, 3.8) is 0 Å². The summed E-state index contributed by atoms with van der Waals surface area (Å²) in [6.07, 6.45) is 3.80. The highest BCUT2D eigenvalue weighted by Crippen LogP contribution is 2.24. The second kappa shape index (κ2) is 7.14. The lowest BCUT2D eigenvalue weighted by atomic mass is 10.0. The predicted octanol–water partition coefficient (Wildman–Crippen LogP) is 1.36. The number of fused-ring (bicyclic) bond motifs is 1. The third-order valence-electron chi connectivity index (χ3n) is 5.24. The second-order valence-corrected chi connectivity index (χ2v) is 9.26. The lowest BCUT2D eigenvalue weighted by Gasteiger charge is -2.40. The van der Waals surface area contributed by atoms with Crippen LogP contribution in [0.5, 0.6) is 0 Å². The van der Waals surface area contributed by atoms with Crippen LogP contribution in [0.25, 0.3) is 11.0 Å². The molecular formula is C19H24N6O2S. The van der Waals surface area contributed by atoms with E-state index in [9.17, 15) is 8.42 Å². The van der Waals surface area contributed by atoms with Crippen LogP contribution in [-0.4, -0.2) is 64.4 Å². The van der Waals surface area contributed by atoms with Crippen molar-refractivity contribution in [1.29, 1.82) is 0 Å². The van der Waals surface area contributed by atoms with Crippen molar-refractivity contribution in [2.24, 2.45) is 7.05 Å². The largest absolute Gasteiger partial charge is 0.335 e. The van der Waals surface area contributed by atoms with Gasteiger partial charge in [0, 0.05) is 38.9 Å². The lowest BCUT2D eigenvalue weighted by molar-refractivity contribution is 0.330. The number of sulfonamides is 1. The molecule has 3 heterocycles. The molecule has 3 aromatic rings. The van der Waals surface area contributed by atoms with E-state index in [0.29, 0.717) is 25.6 Å². The second-order valence-electron chi connectivity index (χ2n) is 7.27. The first-order valence-electron chi connectivity index (χ1n) is 9.25. The maximum Gasteiger partial charge on any atom is 0.227 e. The number of nitrogens with zero attached hydrogens (tertiary/aromatic N) is 6. The first-order chi connectivity index (χ1) is 13.3. The van der Waals surface area contributed by atoms with Gasteiger partial charge in [0.2, 0.25) is 16.0 Å². The van der Waals surface area contributed by atoms with Gasteiger partial charge < -0.3 is 4.90 Å². The van der Waals surface area contributed by atoms with Crippen molar-refractivity contribution in [3.05, 3.63) is 47.8 Å². The minimum Gasteiger partial charge on any atom is -0.335 e. The number of aromatic nitrogens is 4. The van der Waals surface area contributed by atoms with Crippen LogP contribution in [0.2, 0.25) is 0 Å².